The van der Waals surface area contributed by atoms with Crippen molar-refractivity contribution < 1.29 is 62.9 Å². The third-order valence-electron chi connectivity index (χ3n) is 13.1. The molecule has 1 saturated heterocycles. The lowest BCUT2D eigenvalue weighted by molar-refractivity contribution is -0.114. The van der Waals surface area contributed by atoms with Crippen LogP contribution in [0.15, 0.2) is 46.1 Å². The first-order valence-corrected chi connectivity index (χ1v) is 23.4. The number of piperidine rings is 1. The number of phenols is 2. The van der Waals surface area contributed by atoms with Crippen LogP contribution in [0.4, 0.5) is 5.69 Å². The van der Waals surface area contributed by atoms with Gasteiger partial charge in [0.15, 0.2) is 5.75 Å². The maximum atomic E-state index is 14.7. The van der Waals surface area contributed by atoms with Gasteiger partial charge in [-0.25, -0.2) is 4.99 Å². The highest BCUT2D eigenvalue weighted by atomic mass is 31.2. The summed E-state index contributed by atoms with van der Waals surface area (Å²) in [6.07, 6.45) is 4.37. The first-order valence-electron chi connectivity index (χ1n) is 21.6. The number of aliphatic hydroxyl groups excluding tert-OH is 3. The van der Waals surface area contributed by atoms with Crippen molar-refractivity contribution in [3.8, 4) is 17.2 Å². The number of nitrogens with zero attached hydrogens (tertiary/aromatic N) is 3. The smallest absolute Gasteiger partial charge is 0.344 e. The number of hydrogen-bond donors (Lipinski definition) is 6. The lowest BCUT2D eigenvalue weighted by Gasteiger charge is -2.38. The Balaban J connectivity index is 1.52. The van der Waals surface area contributed by atoms with E-state index in [9.17, 15) is 39.7 Å². The van der Waals surface area contributed by atoms with Crippen LogP contribution in [0.3, 0.4) is 0 Å². The number of likely N-dealkylation sites (tertiary alicyclic amines) is 1. The summed E-state index contributed by atoms with van der Waals surface area (Å²) in [5.41, 5.74) is -0.491. The molecule has 5 aliphatic heterocycles. The highest BCUT2D eigenvalue weighted by Crippen LogP contribution is 2.52. The number of rotatable bonds is 7. The van der Waals surface area contributed by atoms with Crippen molar-refractivity contribution in [1.29, 1.82) is 0 Å². The van der Waals surface area contributed by atoms with Crippen molar-refractivity contribution in [3.63, 3.8) is 0 Å². The number of allylic oxidation sites excluding steroid dienone is 2. The molecule has 5 bridgehead atoms. The van der Waals surface area contributed by atoms with E-state index in [1.54, 1.807) is 60.6 Å². The fourth-order valence-electron chi connectivity index (χ4n) is 9.05. The van der Waals surface area contributed by atoms with Gasteiger partial charge in [0.1, 0.15) is 34.2 Å². The van der Waals surface area contributed by atoms with Crippen molar-refractivity contribution in [1.82, 2.24) is 4.90 Å². The minimum atomic E-state index is -3.41. The minimum Gasteiger partial charge on any atom is -0.507 e. The van der Waals surface area contributed by atoms with Gasteiger partial charge in [-0.15, -0.1) is 0 Å². The molecular formula is C45H63N4O13P. The Morgan fingerprint density at radius 3 is 2.14 bits per heavy atom. The highest BCUT2D eigenvalue weighted by molar-refractivity contribution is 7.53. The van der Waals surface area contributed by atoms with Crippen molar-refractivity contribution in [2.24, 2.45) is 33.7 Å². The van der Waals surface area contributed by atoms with E-state index in [-0.39, 0.29) is 69.1 Å². The molecule has 0 aromatic heterocycles. The second-order valence-corrected chi connectivity index (χ2v) is 19.4. The SMILES string of the molecule is CCOP(=O)(CN1CCC2(CC1)N=c1c(c3c4c5c(C)c(O)c3c(O)c1=NC(=O)/C(C)=C\C=C\[C@H](C)[C@H](O)[C@@H](C)[C@@H](O)[C@@H](C)[C@H](O)[C@H](C)[C@@H](OC)/C=C/O[C@@](C)(O5)C4=O)N2)OCC. The van der Waals surface area contributed by atoms with Crippen LogP contribution in [-0.4, -0.2) is 118 Å². The number of nitrogens with one attached hydrogen (secondary N) is 1. The number of ketones is 1. The number of aliphatic hydroxyl groups is 3. The van der Waals surface area contributed by atoms with Crippen molar-refractivity contribution in [3.05, 3.63) is 58.0 Å². The zero-order valence-corrected chi connectivity index (χ0v) is 38.6. The Morgan fingerprint density at radius 2 is 1.52 bits per heavy atom. The van der Waals surface area contributed by atoms with Gasteiger partial charge in [0.2, 0.25) is 0 Å². The summed E-state index contributed by atoms with van der Waals surface area (Å²) in [7, 11) is -1.96. The molecule has 346 valence electrons. The minimum absolute atomic E-state index is 0.00294. The van der Waals surface area contributed by atoms with Gasteiger partial charge >= 0.3 is 13.4 Å². The molecule has 1 fully saturated rings. The van der Waals surface area contributed by atoms with Gasteiger partial charge in [0.25, 0.3) is 11.7 Å². The number of benzene rings is 2. The second-order valence-electron chi connectivity index (χ2n) is 17.4. The first-order chi connectivity index (χ1) is 29.7. The van der Waals surface area contributed by atoms with Gasteiger partial charge in [0, 0.05) is 80.2 Å². The van der Waals surface area contributed by atoms with E-state index in [0.29, 0.717) is 25.9 Å². The molecule has 17 nitrogen and oxygen atoms in total. The lowest BCUT2D eigenvalue weighted by atomic mass is 9.78. The van der Waals surface area contributed by atoms with Crippen molar-refractivity contribution in [2.75, 3.05) is 45.0 Å². The summed E-state index contributed by atoms with van der Waals surface area (Å²) in [5, 5.41) is 61.3. The molecular weight excluding hydrogens is 835 g/mol. The van der Waals surface area contributed by atoms with E-state index in [0.717, 1.165) is 0 Å². The van der Waals surface area contributed by atoms with Gasteiger partial charge in [-0.1, -0.05) is 45.9 Å². The molecule has 0 unspecified atom stereocenters. The average molecular weight is 899 g/mol. The van der Waals surface area contributed by atoms with Gasteiger partial charge in [-0.2, -0.15) is 0 Å². The fourth-order valence-corrected chi connectivity index (χ4v) is 10.8. The molecule has 0 aliphatic carbocycles. The summed E-state index contributed by atoms with van der Waals surface area (Å²) in [6, 6.07) is 0. The molecule has 2 aromatic carbocycles. The topological polar surface area (TPSA) is 238 Å². The first kappa shape index (κ1) is 48.3. The van der Waals surface area contributed by atoms with Crippen molar-refractivity contribution in [2.45, 2.75) is 111 Å². The molecule has 6 N–H and O–H groups in total. The second kappa shape index (κ2) is 18.7. The van der Waals surface area contributed by atoms with E-state index in [4.69, 9.17) is 28.3 Å². The number of carbonyl (C=O) groups is 2. The number of ether oxygens (including phenoxy) is 3. The van der Waals surface area contributed by atoms with E-state index in [1.165, 1.54) is 39.4 Å². The zero-order chi connectivity index (χ0) is 46.3. The molecule has 1 spiro atoms. The van der Waals surface area contributed by atoms with E-state index in [1.807, 2.05) is 4.90 Å². The molecule has 0 radical (unpaired) electrons. The Morgan fingerprint density at radius 1 is 0.905 bits per heavy atom. The number of Topliss-reactive ketones (excluding diaryl/α,β-unsaturated/α-hetero) is 1. The Labute approximate surface area is 367 Å². The van der Waals surface area contributed by atoms with Gasteiger partial charge in [-0.05, 0) is 33.8 Å². The number of phenolic OH excluding ortho intramolecular Hbond substituents is 2. The van der Waals surface area contributed by atoms with Gasteiger partial charge in [0.05, 0.1) is 60.5 Å². The summed E-state index contributed by atoms with van der Waals surface area (Å²) in [4.78, 5) is 40.0. The van der Waals surface area contributed by atoms with Crippen LogP contribution >= 0.6 is 7.60 Å². The van der Waals surface area contributed by atoms with Gasteiger partial charge in [-0.3, -0.25) is 24.0 Å². The summed E-state index contributed by atoms with van der Waals surface area (Å²) >= 11 is 0. The number of anilines is 1. The molecule has 9 atom stereocenters. The summed E-state index contributed by atoms with van der Waals surface area (Å²) in [5.74, 6) is -6.76. The standard InChI is InChI=1S/C45H63N4O13P/c1-11-60-63(57,61-12-2)22-49-19-17-45(18-20-49)47-33-30-31-39(53)28(8)41-32(30)42(55)44(9,62-41)59-21-16-29(58-10)25(5)37(51)27(7)38(52)26(6)36(50)23(3)14-13-15-24(4)43(56)46-35(40(31)54)34(33)48-45/h13-16,21,23,25-27,29,36-38,47,50-54H,11-12,17-20,22H2,1-10H3/b14-13+,21-16+,24-15-,46-35?/t23-,25+,26+,27-,29-,36-,37+,38+,44-/m0/s1. The number of aromatic hydroxyl groups is 2. The third kappa shape index (κ3) is 9.08. The monoisotopic (exact) mass is 898 g/mol. The van der Waals surface area contributed by atoms with Gasteiger partial charge < -0.3 is 54.1 Å². The predicted octanol–water partition coefficient (Wildman–Crippen LogP) is 4.75. The molecule has 18 heteroatoms. The number of carbonyl (C=O) groups excluding carboxylic acids is 2. The Bertz CT molecular complexity index is 2370. The maximum Gasteiger partial charge on any atom is 0.344 e. The molecule has 7 rings (SSSR count). The van der Waals surface area contributed by atoms with Crippen LogP contribution in [0.1, 0.15) is 84.2 Å². The predicted molar refractivity (Wildman–Crippen MR) is 234 cm³/mol. The van der Waals surface area contributed by atoms with Crippen LogP contribution in [0.25, 0.3) is 10.8 Å². The van der Waals surface area contributed by atoms with Crippen LogP contribution < -0.4 is 20.8 Å². The van der Waals surface area contributed by atoms with Crippen molar-refractivity contribution >= 4 is 35.7 Å². The maximum absolute atomic E-state index is 14.7. The molecule has 1 amide bonds. The van der Waals surface area contributed by atoms with E-state index in [2.05, 4.69) is 10.3 Å². The van der Waals surface area contributed by atoms with Crippen LogP contribution in [-0.2, 0) is 27.9 Å². The third-order valence-corrected chi connectivity index (χ3v) is 15.1. The van der Waals surface area contributed by atoms with Crippen LogP contribution in [0.2, 0.25) is 0 Å². The Hall–Kier alpha value is -4.19. The summed E-state index contributed by atoms with van der Waals surface area (Å²) < 4.78 is 42.5. The fraction of sp³-hybridized carbons (Fsp3) is 0.600. The number of amides is 1. The number of hydrogen-bond acceptors (Lipinski definition) is 16. The van der Waals surface area contributed by atoms with E-state index >= 15 is 0 Å². The molecule has 2 aromatic rings. The number of methoxy groups -OCH3 is 1. The van der Waals surface area contributed by atoms with E-state index < -0.39 is 90.3 Å². The summed E-state index contributed by atoms with van der Waals surface area (Å²) in [6.45, 7) is 16.1. The van der Waals surface area contributed by atoms with Crippen LogP contribution in [0.5, 0.6) is 17.2 Å². The molecule has 5 heterocycles. The Kier molecular flexibility index (Phi) is 14.3. The highest BCUT2D eigenvalue weighted by Gasteiger charge is 2.51. The molecule has 63 heavy (non-hydrogen) atoms. The zero-order valence-electron chi connectivity index (χ0n) is 37.7. The normalized spacial score (nSPS) is 32.3. The molecule has 0 saturated carbocycles. The van der Waals surface area contributed by atoms with Crippen LogP contribution in [0, 0.1) is 30.6 Å². The molecule has 5 aliphatic rings. The average Bonchev–Trinajstić information content (AvgIpc) is 3.75. The number of fused-ring (bicyclic) bond motifs is 13. The lowest BCUT2D eigenvalue weighted by Crippen LogP contribution is -2.47. The quantitative estimate of drug-likeness (QED) is 0.163. The largest absolute Gasteiger partial charge is 0.507 e.